The maximum Gasteiger partial charge on any atom is 0.407 e. The second-order valence-corrected chi connectivity index (χ2v) is 6.39. The minimum Gasteiger partial charge on any atom is -0.459 e. The van der Waals surface area contributed by atoms with E-state index < -0.39 is 23.6 Å². The number of amides is 1. The van der Waals surface area contributed by atoms with Gasteiger partial charge < -0.3 is 14.8 Å². The van der Waals surface area contributed by atoms with Gasteiger partial charge in [0.05, 0.1) is 6.04 Å². The third-order valence-electron chi connectivity index (χ3n) is 4.03. The zero-order valence-electron chi connectivity index (χ0n) is 14.2. The maximum absolute atomic E-state index is 12.1. The Morgan fingerprint density at radius 2 is 1.88 bits per heavy atom. The first-order chi connectivity index (χ1) is 11.3. The molecular weight excluding hydrogens is 310 g/mol. The van der Waals surface area contributed by atoms with E-state index in [9.17, 15) is 14.4 Å². The van der Waals surface area contributed by atoms with Crippen LogP contribution >= 0.6 is 0 Å². The topological polar surface area (TPSA) is 81.7 Å². The van der Waals surface area contributed by atoms with E-state index in [4.69, 9.17) is 9.47 Å². The number of esters is 1. The van der Waals surface area contributed by atoms with Crippen LogP contribution in [0.2, 0.25) is 0 Å². The fourth-order valence-electron chi connectivity index (χ4n) is 2.21. The predicted molar refractivity (Wildman–Crippen MR) is 87.1 cm³/mol. The van der Waals surface area contributed by atoms with Crippen molar-refractivity contribution < 1.29 is 23.9 Å². The number of alkyl carbamates (subject to hydrolysis) is 1. The Morgan fingerprint density at radius 3 is 2.50 bits per heavy atom. The van der Waals surface area contributed by atoms with E-state index in [0.717, 1.165) is 5.56 Å². The van der Waals surface area contributed by atoms with Crippen LogP contribution in [-0.4, -0.2) is 30.0 Å². The summed E-state index contributed by atoms with van der Waals surface area (Å²) in [4.78, 5) is 35.6. The van der Waals surface area contributed by atoms with Crippen molar-refractivity contribution in [1.29, 1.82) is 0 Å². The highest BCUT2D eigenvalue weighted by Gasteiger charge is 2.46. The Balaban J connectivity index is 1.72. The number of rotatable bonds is 7. The number of ketones is 1. The highest BCUT2D eigenvalue weighted by molar-refractivity contribution is 6.02. The van der Waals surface area contributed by atoms with E-state index >= 15 is 0 Å². The molecule has 1 saturated carbocycles. The summed E-state index contributed by atoms with van der Waals surface area (Å²) in [6.07, 6.45) is -0.139. The van der Waals surface area contributed by atoms with Crippen LogP contribution in [0.1, 0.15) is 39.2 Å². The van der Waals surface area contributed by atoms with Gasteiger partial charge in [-0.3, -0.25) is 9.59 Å². The molecule has 2 rings (SSSR count). The van der Waals surface area contributed by atoms with Gasteiger partial charge in [-0.15, -0.1) is 0 Å². The van der Waals surface area contributed by atoms with E-state index in [-0.39, 0.29) is 24.9 Å². The van der Waals surface area contributed by atoms with Crippen LogP contribution in [0.3, 0.4) is 0 Å². The number of carbonyl (C=O) groups is 3. The molecule has 1 aliphatic rings. The average molecular weight is 333 g/mol. The van der Waals surface area contributed by atoms with Gasteiger partial charge in [-0.2, -0.15) is 0 Å². The van der Waals surface area contributed by atoms with E-state index in [2.05, 4.69) is 5.32 Å². The predicted octanol–water partition coefficient (Wildman–Crippen LogP) is 2.60. The van der Waals surface area contributed by atoms with Gasteiger partial charge >= 0.3 is 12.1 Å². The molecule has 2 atom stereocenters. The summed E-state index contributed by atoms with van der Waals surface area (Å²) >= 11 is 0. The minimum absolute atomic E-state index is 0.167. The van der Waals surface area contributed by atoms with Crippen molar-refractivity contribution in [3.63, 3.8) is 0 Å². The Bertz CT molecular complexity index is 611. The third-order valence-corrected chi connectivity index (χ3v) is 4.03. The van der Waals surface area contributed by atoms with E-state index in [1.807, 2.05) is 30.3 Å². The molecule has 0 spiro atoms. The summed E-state index contributed by atoms with van der Waals surface area (Å²) in [5.41, 5.74) is -0.262. The van der Waals surface area contributed by atoms with Crippen molar-refractivity contribution in [3.05, 3.63) is 35.9 Å². The van der Waals surface area contributed by atoms with Crippen molar-refractivity contribution in [2.75, 3.05) is 0 Å². The summed E-state index contributed by atoms with van der Waals surface area (Å²) in [5.74, 6) is -0.721. The highest BCUT2D eigenvalue weighted by Crippen LogP contribution is 2.30. The second-order valence-electron chi connectivity index (χ2n) is 6.39. The summed E-state index contributed by atoms with van der Waals surface area (Å²) in [7, 11) is 0. The first kappa shape index (κ1) is 18.0. The summed E-state index contributed by atoms with van der Waals surface area (Å²) in [6.45, 7) is 5.00. The van der Waals surface area contributed by atoms with Gasteiger partial charge in [0.25, 0.3) is 0 Å². The van der Waals surface area contributed by atoms with Crippen molar-refractivity contribution in [2.24, 2.45) is 5.41 Å². The van der Waals surface area contributed by atoms with Crippen molar-refractivity contribution in [2.45, 2.75) is 52.4 Å². The molecule has 1 aliphatic carbocycles. The molecule has 6 heteroatoms. The van der Waals surface area contributed by atoms with Crippen LogP contribution in [-0.2, 0) is 25.7 Å². The Morgan fingerprint density at radius 1 is 1.21 bits per heavy atom. The Labute approximate surface area is 141 Å². The molecule has 0 radical (unpaired) electrons. The molecule has 1 amide bonds. The average Bonchev–Trinajstić information content (AvgIpc) is 3.30. The Kier molecular flexibility index (Phi) is 5.59. The van der Waals surface area contributed by atoms with Crippen LogP contribution in [0, 0.1) is 5.41 Å². The molecule has 1 aromatic rings. The van der Waals surface area contributed by atoms with Gasteiger partial charge in [0.15, 0.2) is 0 Å². The molecule has 1 N–H and O–H groups in total. The van der Waals surface area contributed by atoms with Gasteiger partial charge in [-0.1, -0.05) is 37.3 Å². The van der Waals surface area contributed by atoms with Crippen LogP contribution in [0.4, 0.5) is 4.79 Å². The van der Waals surface area contributed by atoms with Gasteiger partial charge in [0.1, 0.15) is 23.9 Å². The maximum atomic E-state index is 12.1. The zero-order valence-corrected chi connectivity index (χ0v) is 14.2. The fourth-order valence-corrected chi connectivity index (χ4v) is 2.21. The largest absolute Gasteiger partial charge is 0.459 e. The molecule has 130 valence electrons. The number of hydrogen-bond donors (Lipinski definition) is 1. The lowest BCUT2D eigenvalue weighted by Gasteiger charge is -2.20. The van der Waals surface area contributed by atoms with Gasteiger partial charge in [-0.05, 0) is 19.4 Å². The standard InChI is InChI=1S/C18H23NO5/c1-4-15(20)18(2,3)16(21)24-14-10-13(14)19-17(22)23-11-12-8-6-5-7-9-12/h5-9,13-14H,4,10-11H2,1-3H3,(H,19,22). The Hall–Kier alpha value is -2.37. The molecule has 0 aliphatic heterocycles. The summed E-state index contributed by atoms with van der Waals surface area (Å²) in [6, 6.07) is 9.09. The molecule has 2 unspecified atom stereocenters. The summed E-state index contributed by atoms with van der Waals surface area (Å²) in [5, 5.41) is 2.65. The highest BCUT2D eigenvalue weighted by atomic mass is 16.6. The SMILES string of the molecule is CCC(=O)C(C)(C)C(=O)OC1CC1NC(=O)OCc1ccccc1. The molecule has 0 heterocycles. The van der Waals surface area contributed by atoms with E-state index in [1.54, 1.807) is 20.8 Å². The van der Waals surface area contributed by atoms with Crippen LogP contribution < -0.4 is 5.32 Å². The van der Waals surface area contributed by atoms with Gasteiger partial charge in [-0.25, -0.2) is 4.79 Å². The number of nitrogens with one attached hydrogen (secondary N) is 1. The lowest BCUT2D eigenvalue weighted by molar-refractivity contribution is -0.159. The fraction of sp³-hybridized carbons (Fsp3) is 0.500. The number of Topliss-reactive ketones (excluding diaryl/α,β-unsaturated/α-hetero) is 1. The minimum atomic E-state index is -1.16. The van der Waals surface area contributed by atoms with Crippen molar-refractivity contribution in [3.8, 4) is 0 Å². The van der Waals surface area contributed by atoms with Crippen molar-refractivity contribution >= 4 is 17.8 Å². The molecule has 0 saturated heterocycles. The second kappa shape index (κ2) is 7.47. The summed E-state index contributed by atoms with van der Waals surface area (Å²) < 4.78 is 10.4. The molecule has 24 heavy (non-hydrogen) atoms. The zero-order chi connectivity index (χ0) is 17.7. The first-order valence-electron chi connectivity index (χ1n) is 8.06. The molecule has 0 bridgehead atoms. The van der Waals surface area contributed by atoms with Crippen LogP contribution in [0.25, 0.3) is 0 Å². The molecule has 1 fully saturated rings. The number of carbonyl (C=O) groups excluding carboxylic acids is 3. The van der Waals surface area contributed by atoms with Crippen molar-refractivity contribution in [1.82, 2.24) is 5.32 Å². The first-order valence-corrected chi connectivity index (χ1v) is 8.06. The smallest absolute Gasteiger partial charge is 0.407 e. The van der Waals surface area contributed by atoms with Gasteiger partial charge in [0.2, 0.25) is 0 Å². The third kappa shape index (κ3) is 4.57. The molecular formula is C18H23NO5. The van der Waals surface area contributed by atoms with Crippen LogP contribution in [0.15, 0.2) is 30.3 Å². The quantitative estimate of drug-likeness (QED) is 0.613. The lowest BCUT2D eigenvalue weighted by atomic mass is 9.87. The number of benzene rings is 1. The van der Waals surface area contributed by atoms with E-state index in [1.165, 1.54) is 0 Å². The normalized spacial score (nSPS) is 19.3. The molecule has 6 nitrogen and oxygen atoms in total. The monoisotopic (exact) mass is 333 g/mol. The lowest BCUT2D eigenvalue weighted by Crippen LogP contribution is -2.36. The molecule has 0 aromatic heterocycles. The van der Waals surface area contributed by atoms with E-state index in [0.29, 0.717) is 6.42 Å². The van der Waals surface area contributed by atoms with Gasteiger partial charge in [0, 0.05) is 12.8 Å². The van der Waals surface area contributed by atoms with Crippen LogP contribution in [0.5, 0.6) is 0 Å². The number of ether oxygens (including phenoxy) is 2. The molecule has 1 aromatic carbocycles. The number of hydrogen-bond acceptors (Lipinski definition) is 5.